The molecule has 1 aromatic carbocycles. The van der Waals surface area contributed by atoms with Crippen molar-refractivity contribution in [2.24, 2.45) is 5.41 Å². The van der Waals surface area contributed by atoms with Crippen molar-refractivity contribution in [2.75, 3.05) is 20.3 Å². The molecule has 0 spiro atoms. The third-order valence-corrected chi connectivity index (χ3v) is 3.97. The van der Waals surface area contributed by atoms with Crippen LogP contribution in [0.1, 0.15) is 24.8 Å². The van der Waals surface area contributed by atoms with Gasteiger partial charge in [0.05, 0.1) is 19.1 Å². The Morgan fingerprint density at radius 3 is 2.74 bits per heavy atom. The number of nitrogens with one attached hydrogen (secondary N) is 1. The summed E-state index contributed by atoms with van der Waals surface area (Å²) in [5, 5.41) is 12.2. The van der Waals surface area contributed by atoms with Gasteiger partial charge in [-0.05, 0) is 30.9 Å². The van der Waals surface area contributed by atoms with Crippen molar-refractivity contribution >= 4 is 5.91 Å². The van der Waals surface area contributed by atoms with Crippen molar-refractivity contribution in [1.82, 2.24) is 5.32 Å². The van der Waals surface area contributed by atoms with Crippen molar-refractivity contribution in [3.05, 3.63) is 29.8 Å². The highest BCUT2D eigenvalue weighted by Crippen LogP contribution is 2.40. The van der Waals surface area contributed by atoms with Gasteiger partial charge in [-0.1, -0.05) is 24.6 Å². The lowest BCUT2D eigenvalue weighted by Gasteiger charge is -2.38. The van der Waals surface area contributed by atoms with Crippen LogP contribution in [0.2, 0.25) is 0 Å². The molecule has 0 aromatic heterocycles. The Kier molecular flexibility index (Phi) is 4.43. The van der Waals surface area contributed by atoms with Gasteiger partial charge < -0.3 is 15.2 Å². The standard InChI is InChI=1S/C15H21NO3/c1-19-13-6-3-2-5-12(13)7-10-16-14(18)15(11-17)8-4-9-15/h2-3,5-6,17H,4,7-11H2,1H3,(H,16,18). The second-order valence-electron chi connectivity index (χ2n) is 5.11. The highest BCUT2D eigenvalue weighted by atomic mass is 16.5. The number of carbonyl (C=O) groups is 1. The maximum absolute atomic E-state index is 12.0. The van der Waals surface area contributed by atoms with E-state index in [0.29, 0.717) is 6.54 Å². The molecular weight excluding hydrogens is 242 g/mol. The number of benzene rings is 1. The van der Waals surface area contributed by atoms with E-state index in [1.165, 1.54) is 0 Å². The van der Waals surface area contributed by atoms with Gasteiger partial charge in [0, 0.05) is 6.54 Å². The minimum Gasteiger partial charge on any atom is -0.496 e. The number of para-hydroxylation sites is 1. The van der Waals surface area contributed by atoms with Crippen LogP contribution in [0.5, 0.6) is 5.75 Å². The Balaban J connectivity index is 1.85. The molecule has 4 nitrogen and oxygen atoms in total. The van der Waals surface area contributed by atoms with Gasteiger partial charge in [0.1, 0.15) is 5.75 Å². The Hall–Kier alpha value is -1.55. The first-order valence-electron chi connectivity index (χ1n) is 6.73. The van der Waals surface area contributed by atoms with E-state index in [1.54, 1.807) is 7.11 Å². The molecule has 0 unspecified atom stereocenters. The molecule has 0 saturated heterocycles. The quantitative estimate of drug-likeness (QED) is 0.818. The third kappa shape index (κ3) is 2.89. The molecular formula is C15H21NO3. The zero-order chi connectivity index (χ0) is 13.7. The summed E-state index contributed by atoms with van der Waals surface area (Å²) in [4.78, 5) is 12.0. The van der Waals surface area contributed by atoms with Gasteiger partial charge in [0.15, 0.2) is 0 Å². The number of hydrogen-bond acceptors (Lipinski definition) is 3. The van der Waals surface area contributed by atoms with E-state index >= 15 is 0 Å². The lowest BCUT2D eigenvalue weighted by Crippen LogP contribution is -2.48. The van der Waals surface area contributed by atoms with E-state index in [-0.39, 0.29) is 12.5 Å². The first kappa shape index (κ1) is 13.9. The van der Waals surface area contributed by atoms with Gasteiger partial charge >= 0.3 is 0 Å². The van der Waals surface area contributed by atoms with Crippen LogP contribution >= 0.6 is 0 Å². The topological polar surface area (TPSA) is 58.6 Å². The van der Waals surface area contributed by atoms with Gasteiger partial charge in [0.25, 0.3) is 0 Å². The number of methoxy groups -OCH3 is 1. The van der Waals surface area contributed by atoms with Crippen LogP contribution in [-0.4, -0.2) is 31.3 Å². The van der Waals surface area contributed by atoms with E-state index in [4.69, 9.17) is 4.74 Å². The fraction of sp³-hybridized carbons (Fsp3) is 0.533. The van der Waals surface area contributed by atoms with Gasteiger partial charge in [-0.15, -0.1) is 0 Å². The molecule has 2 rings (SSSR count). The van der Waals surface area contributed by atoms with E-state index in [0.717, 1.165) is 37.0 Å². The van der Waals surface area contributed by atoms with Crippen LogP contribution < -0.4 is 10.1 Å². The number of rotatable bonds is 6. The minimum absolute atomic E-state index is 0.0175. The Morgan fingerprint density at radius 2 is 2.16 bits per heavy atom. The van der Waals surface area contributed by atoms with Crippen LogP contribution in [0.4, 0.5) is 0 Å². The molecule has 1 amide bonds. The van der Waals surface area contributed by atoms with Crippen LogP contribution in [0.25, 0.3) is 0 Å². The summed E-state index contributed by atoms with van der Waals surface area (Å²) in [7, 11) is 1.65. The predicted molar refractivity (Wildman–Crippen MR) is 73.1 cm³/mol. The summed E-state index contributed by atoms with van der Waals surface area (Å²) >= 11 is 0. The second-order valence-corrected chi connectivity index (χ2v) is 5.11. The molecule has 1 aliphatic rings. The maximum Gasteiger partial charge on any atom is 0.228 e. The van der Waals surface area contributed by atoms with E-state index in [9.17, 15) is 9.90 Å². The Morgan fingerprint density at radius 1 is 1.42 bits per heavy atom. The van der Waals surface area contributed by atoms with Crippen molar-refractivity contribution in [1.29, 1.82) is 0 Å². The number of hydrogen-bond donors (Lipinski definition) is 2. The SMILES string of the molecule is COc1ccccc1CCNC(=O)C1(CO)CCC1. The highest BCUT2D eigenvalue weighted by Gasteiger charge is 2.43. The number of aliphatic hydroxyl groups is 1. The molecule has 19 heavy (non-hydrogen) atoms. The summed E-state index contributed by atoms with van der Waals surface area (Å²) in [6.07, 6.45) is 3.35. The van der Waals surface area contributed by atoms with Crippen LogP contribution in [-0.2, 0) is 11.2 Å². The van der Waals surface area contributed by atoms with Gasteiger partial charge in [-0.25, -0.2) is 0 Å². The summed E-state index contributed by atoms with van der Waals surface area (Å²) in [5.74, 6) is 0.827. The van der Waals surface area contributed by atoms with Crippen molar-refractivity contribution in [3.63, 3.8) is 0 Å². The first-order valence-corrected chi connectivity index (χ1v) is 6.73. The molecule has 1 saturated carbocycles. The molecule has 1 aromatic rings. The Bertz CT molecular complexity index is 435. The highest BCUT2D eigenvalue weighted by molar-refractivity contribution is 5.83. The molecule has 0 bridgehead atoms. The third-order valence-electron chi connectivity index (χ3n) is 3.97. The molecule has 2 N–H and O–H groups in total. The largest absolute Gasteiger partial charge is 0.496 e. The summed E-state index contributed by atoms with van der Waals surface area (Å²) in [6, 6.07) is 7.80. The van der Waals surface area contributed by atoms with Gasteiger partial charge in [0.2, 0.25) is 5.91 Å². The average molecular weight is 263 g/mol. The lowest BCUT2D eigenvalue weighted by atomic mass is 9.68. The van der Waals surface area contributed by atoms with E-state index in [2.05, 4.69) is 5.32 Å². The minimum atomic E-state index is -0.513. The molecule has 104 valence electrons. The van der Waals surface area contributed by atoms with E-state index < -0.39 is 5.41 Å². The number of carbonyl (C=O) groups excluding carboxylic acids is 1. The number of aliphatic hydroxyl groups excluding tert-OH is 1. The van der Waals surface area contributed by atoms with E-state index in [1.807, 2.05) is 24.3 Å². The summed E-state index contributed by atoms with van der Waals surface area (Å²) < 4.78 is 5.27. The number of amides is 1. The number of ether oxygens (including phenoxy) is 1. The molecule has 1 fully saturated rings. The van der Waals surface area contributed by atoms with Crippen LogP contribution in [0, 0.1) is 5.41 Å². The molecule has 0 radical (unpaired) electrons. The normalized spacial score (nSPS) is 16.5. The van der Waals surface area contributed by atoms with Crippen LogP contribution in [0.3, 0.4) is 0 Å². The van der Waals surface area contributed by atoms with Crippen molar-refractivity contribution < 1.29 is 14.6 Å². The van der Waals surface area contributed by atoms with Gasteiger partial charge in [-0.2, -0.15) is 0 Å². The maximum atomic E-state index is 12.0. The second kappa shape index (κ2) is 6.06. The first-order chi connectivity index (χ1) is 9.22. The summed E-state index contributed by atoms with van der Waals surface area (Å²) in [5.41, 5.74) is 0.567. The monoisotopic (exact) mass is 263 g/mol. The lowest BCUT2D eigenvalue weighted by molar-refractivity contribution is -0.139. The smallest absolute Gasteiger partial charge is 0.228 e. The zero-order valence-electron chi connectivity index (χ0n) is 11.3. The molecule has 1 aliphatic carbocycles. The van der Waals surface area contributed by atoms with Crippen LogP contribution in [0.15, 0.2) is 24.3 Å². The molecule has 4 heteroatoms. The fourth-order valence-corrected chi connectivity index (χ4v) is 2.47. The summed E-state index contributed by atoms with van der Waals surface area (Å²) in [6.45, 7) is 0.522. The Labute approximate surface area is 113 Å². The van der Waals surface area contributed by atoms with Gasteiger partial charge in [-0.3, -0.25) is 4.79 Å². The fourth-order valence-electron chi connectivity index (χ4n) is 2.47. The molecule has 0 heterocycles. The zero-order valence-corrected chi connectivity index (χ0v) is 11.3. The molecule has 0 aliphatic heterocycles. The predicted octanol–water partition coefficient (Wildman–Crippen LogP) is 1.52. The van der Waals surface area contributed by atoms with Crippen molar-refractivity contribution in [2.45, 2.75) is 25.7 Å². The average Bonchev–Trinajstić information content (AvgIpc) is 2.38. The molecule has 0 atom stereocenters. The van der Waals surface area contributed by atoms with Crippen molar-refractivity contribution in [3.8, 4) is 5.75 Å².